The van der Waals surface area contributed by atoms with Gasteiger partial charge in [0.1, 0.15) is 0 Å². The van der Waals surface area contributed by atoms with E-state index in [1.807, 2.05) is 29.6 Å². The molecule has 0 aliphatic rings. The molecule has 0 bridgehead atoms. The first kappa shape index (κ1) is 18.4. The summed E-state index contributed by atoms with van der Waals surface area (Å²) in [6, 6.07) is 18.5. The number of nitrogens with zero attached hydrogens (tertiary/aromatic N) is 1. The number of amides is 1. The van der Waals surface area contributed by atoms with Crippen LogP contribution >= 0.6 is 11.3 Å². The maximum absolute atomic E-state index is 12.6. The Hall–Kier alpha value is -2.98. The molecule has 0 radical (unpaired) electrons. The van der Waals surface area contributed by atoms with Gasteiger partial charge in [-0.1, -0.05) is 60.2 Å². The van der Waals surface area contributed by atoms with E-state index in [0.29, 0.717) is 11.6 Å². The average Bonchev–Trinajstić information content (AvgIpc) is 3.09. The van der Waals surface area contributed by atoms with Crippen molar-refractivity contribution in [2.75, 3.05) is 5.32 Å². The molecule has 4 rings (SSSR count). The lowest BCUT2D eigenvalue weighted by atomic mass is 9.98. The fourth-order valence-electron chi connectivity index (χ4n) is 3.81. The molecule has 0 aliphatic heterocycles. The number of benzene rings is 3. The largest absolute Gasteiger partial charge is 0.302 e. The van der Waals surface area contributed by atoms with Gasteiger partial charge in [-0.2, -0.15) is 0 Å². The maximum Gasteiger partial charge on any atom is 0.230 e. The predicted molar refractivity (Wildman–Crippen MR) is 118 cm³/mol. The molecule has 1 N–H and O–H groups in total. The molecule has 3 aromatic carbocycles. The highest BCUT2D eigenvalue weighted by Gasteiger charge is 2.13. The molecule has 1 amide bonds. The highest BCUT2D eigenvalue weighted by molar-refractivity contribution is 7.14. The first-order chi connectivity index (χ1) is 13.5. The van der Waals surface area contributed by atoms with Gasteiger partial charge < -0.3 is 5.32 Å². The van der Waals surface area contributed by atoms with Gasteiger partial charge >= 0.3 is 0 Å². The summed E-state index contributed by atoms with van der Waals surface area (Å²) in [5.74, 6) is -0.0467. The number of rotatable bonds is 4. The zero-order valence-electron chi connectivity index (χ0n) is 16.2. The Morgan fingerprint density at radius 2 is 1.71 bits per heavy atom. The van der Waals surface area contributed by atoms with Crippen LogP contribution in [0, 0.1) is 20.8 Å². The molecule has 0 fully saturated rings. The molecule has 0 aliphatic carbocycles. The molecule has 3 nitrogen and oxygen atoms in total. The van der Waals surface area contributed by atoms with E-state index in [1.165, 1.54) is 28.0 Å². The first-order valence-corrected chi connectivity index (χ1v) is 10.2. The zero-order valence-corrected chi connectivity index (χ0v) is 17.1. The number of hydrogen-bond acceptors (Lipinski definition) is 3. The minimum atomic E-state index is -0.0467. The Balaban J connectivity index is 1.54. The van der Waals surface area contributed by atoms with Crippen molar-refractivity contribution in [3.63, 3.8) is 0 Å². The summed E-state index contributed by atoms with van der Waals surface area (Å²) in [5, 5.41) is 7.88. The molecule has 28 heavy (non-hydrogen) atoms. The number of aryl methyl sites for hydroxylation is 3. The summed E-state index contributed by atoms with van der Waals surface area (Å²) in [4.78, 5) is 17.3. The van der Waals surface area contributed by atoms with Crippen LogP contribution in [-0.4, -0.2) is 10.9 Å². The Bertz CT molecular complexity index is 1150. The Labute approximate surface area is 169 Å². The molecule has 0 saturated carbocycles. The fourth-order valence-corrected chi connectivity index (χ4v) is 4.53. The molecule has 0 spiro atoms. The molecular weight excluding hydrogens is 364 g/mol. The van der Waals surface area contributed by atoms with Gasteiger partial charge in [0, 0.05) is 10.9 Å². The lowest BCUT2D eigenvalue weighted by molar-refractivity contribution is -0.115. The van der Waals surface area contributed by atoms with Gasteiger partial charge in [0.05, 0.1) is 12.1 Å². The summed E-state index contributed by atoms with van der Waals surface area (Å²) in [5.41, 5.74) is 6.75. The molecule has 1 aromatic heterocycles. The van der Waals surface area contributed by atoms with Crippen molar-refractivity contribution in [3.8, 4) is 11.3 Å². The van der Waals surface area contributed by atoms with Crippen LogP contribution in [0.25, 0.3) is 22.0 Å². The Morgan fingerprint density at radius 1 is 1.00 bits per heavy atom. The average molecular weight is 387 g/mol. The van der Waals surface area contributed by atoms with Crippen LogP contribution in [0.1, 0.15) is 22.3 Å². The number of thiazole rings is 1. The Kier molecular flexibility index (Phi) is 4.97. The number of fused-ring (bicyclic) bond motifs is 1. The van der Waals surface area contributed by atoms with E-state index in [9.17, 15) is 4.79 Å². The lowest BCUT2D eigenvalue weighted by Crippen LogP contribution is -2.14. The molecule has 0 atom stereocenters. The second-order valence-corrected chi connectivity index (χ2v) is 8.03. The Morgan fingerprint density at radius 3 is 2.50 bits per heavy atom. The van der Waals surface area contributed by atoms with Crippen molar-refractivity contribution in [2.24, 2.45) is 0 Å². The molecule has 0 unspecified atom stereocenters. The van der Waals surface area contributed by atoms with Crippen molar-refractivity contribution >= 4 is 33.1 Å². The fraction of sp³-hybridized carbons (Fsp3) is 0.167. The van der Waals surface area contributed by atoms with Gasteiger partial charge in [0.25, 0.3) is 0 Å². The van der Waals surface area contributed by atoms with Crippen LogP contribution in [-0.2, 0) is 11.2 Å². The van der Waals surface area contributed by atoms with Gasteiger partial charge in [-0.05, 0) is 48.2 Å². The SMILES string of the molecule is Cc1cc(C)c(-c2csc(NC(=O)Cc3cccc4ccccc34)n2)c(C)c1. The predicted octanol–water partition coefficient (Wildman–Crippen LogP) is 6.07. The second-order valence-electron chi connectivity index (χ2n) is 7.17. The second kappa shape index (κ2) is 7.56. The van der Waals surface area contributed by atoms with Crippen LogP contribution in [0.3, 0.4) is 0 Å². The minimum absolute atomic E-state index is 0.0467. The van der Waals surface area contributed by atoms with Gasteiger partial charge in [0.2, 0.25) is 5.91 Å². The van der Waals surface area contributed by atoms with Crippen molar-refractivity contribution in [2.45, 2.75) is 27.2 Å². The number of hydrogen-bond donors (Lipinski definition) is 1. The number of carbonyl (C=O) groups excluding carboxylic acids is 1. The van der Waals surface area contributed by atoms with Crippen LogP contribution < -0.4 is 5.32 Å². The smallest absolute Gasteiger partial charge is 0.230 e. The van der Waals surface area contributed by atoms with Gasteiger partial charge in [-0.15, -0.1) is 11.3 Å². The van der Waals surface area contributed by atoms with E-state index >= 15 is 0 Å². The van der Waals surface area contributed by atoms with Crippen LogP contribution in [0.2, 0.25) is 0 Å². The standard InChI is InChI=1S/C24H22N2OS/c1-15-11-16(2)23(17(3)12-15)21-14-28-24(25-21)26-22(27)13-19-9-6-8-18-7-4-5-10-20(18)19/h4-12,14H,13H2,1-3H3,(H,25,26,27). The number of anilines is 1. The van der Waals surface area contributed by atoms with Crippen molar-refractivity contribution in [1.82, 2.24) is 4.98 Å². The first-order valence-electron chi connectivity index (χ1n) is 9.31. The van der Waals surface area contributed by atoms with E-state index in [1.54, 1.807) is 0 Å². The minimum Gasteiger partial charge on any atom is -0.302 e. The van der Waals surface area contributed by atoms with E-state index < -0.39 is 0 Å². The maximum atomic E-state index is 12.6. The normalized spacial score (nSPS) is 11.0. The summed E-state index contributed by atoms with van der Waals surface area (Å²) in [7, 11) is 0. The summed E-state index contributed by atoms with van der Waals surface area (Å²) < 4.78 is 0. The third-order valence-corrected chi connectivity index (χ3v) is 5.67. The number of carbonyl (C=O) groups is 1. The quantitative estimate of drug-likeness (QED) is 0.462. The monoisotopic (exact) mass is 386 g/mol. The molecule has 140 valence electrons. The van der Waals surface area contributed by atoms with E-state index in [2.05, 4.69) is 61.4 Å². The molecular formula is C24H22N2OS. The number of aromatic nitrogens is 1. The van der Waals surface area contributed by atoms with Crippen LogP contribution in [0.15, 0.2) is 60.0 Å². The number of nitrogens with one attached hydrogen (secondary N) is 1. The third kappa shape index (κ3) is 3.69. The van der Waals surface area contributed by atoms with Crippen molar-refractivity contribution in [1.29, 1.82) is 0 Å². The summed E-state index contributed by atoms with van der Waals surface area (Å²) in [6.07, 6.45) is 0.332. The third-order valence-electron chi connectivity index (χ3n) is 4.91. The lowest BCUT2D eigenvalue weighted by Gasteiger charge is -2.09. The molecule has 4 aromatic rings. The van der Waals surface area contributed by atoms with Crippen LogP contribution in [0.5, 0.6) is 0 Å². The van der Waals surface area contributed by atoms with E-state index in [0.717, 1.165) is 27.6 Å². The highest BCUT2D eigenvalue weighted by atomic mass is 32.1. The molecule has 1 heterocycles. The van der Waals surface area contributed by atoms with Gasteiger partial charge in [-0.3, -0.25) is 4.79 Å². The van der Waals surface area contributed by atoms with Gasteiger partial charge in [-0.25, -0.2) is 4.98 Å². The topological polar surface area (TPSA) is 42.0 Å². The highest BCUT2D eigenvalue weighted by Crippen LogP contribution is 2.31. The van der Waals surface area contributed by atoms with E-state index in [-0.39, 0.29) is 5.91 Å². The zero-order chi connectivity index (χ0) is 19.7. The summed E-state index contributed by atoms with van der Waals surface area (Å²) >= 11 is 1.47. The summed E-state index contributed by atoms with van der Waals surface area (Å²) in [6.45, 7) is 6.31. The van der Waals surface area contributed by atoms with Crippen molar-refractivity contribution < 1.29 is 4.79 Å². The van der Waals surface area contributed by atoms with E-state index in [4.69, 9.17) is 0 Å². The molecule has 4 heteroatoms. The van der Waals surface area contributed by atoms with Crippen LogP contribution in [0.4, 0.5) is 5.13 Å². The van der Waals surface area contributed by atoms with Crippen molar-refractivity contribution in [3.05, 3.63) is 82.2 Å². The van der Waals surface area contributed by atoms with Gasteiger partial charge in [0.15, 0.2) is 5.13 Å². The molecule has 0 saturated heterocycles.